The van der Waals surface area contributed by atoms with E-state index in [1.807, 2.05) is 13.0 Å². The Bertz CT molecular complexity index is 285. The number of rotatable bonds is 6. The van der Waals surface area contributed by atoms with Crippen LogP contribution in [0.15, 0.2) is 18.0 Å². The lowest BCUT2D eigenvalue weighted by molar-refractivity contribution is 0.202. The van der Waals surface area contributed by atoms with Gasteiger partial charge in [-0.1, -0.05) is 6.08 Å². The summed E-state index contributed by atoms with van der Waals surface area (Å²) in [6.07, 6.45) is 1.84. The second-order valence-corrected chi connectivity index (χ2v) is 4.17. The third-order valence-electron chi connectivity index (χ3n) is 1.86. The average molecular weight is 212 g/mol. The Morgan fingerprint density at radius 2 is 2.50 bits per heavy atom. The molecule has 0 radical (unpaired) electrons. The van der Waals surface area contributed by atoms with Crippen molar-refractivity contribution in [3.8, 4) is 0 Å². The van der Waals surface area contributed by atoms with Gasteiger partial charge >= 0.3 is 0 Å². The fourth-order valence-corrected chi connectivity index (χ4v) is 1.87. The number of aromatic nitrogens is 1. The van der Waals surface area contributed by atoms with Crippen LogP contribution in [0.5, 0.6) is 0 Å². The molecule has 0 aliphatic carbocycles. The molecule has 0 aromatic carbocycles. The van der Waals surface area contributed by atoms with Crippen LogP contribution in [0, 0.1) is 6.92 Å². The summed E-state index contributed by atoms with van der Waals surface area (Å²) < 4.78 is 0. The summed E-state index contributed by atoms with van der Waals surface area (Å²) in [4.78, 5) is 6.49. The summed E-state index contributed by atoms with van der Waals surface area (Å²) in [6, 6.07) is 0. The van der Waals surface area contributed by atoms with Crippen LogP contribution < -0.4 is 0 Å². The first-order chi connectivity index (χ1) is 6.76. The highest BCUT2D eigenvalue weighted by molar-refractivity contribution is 7.09. The fraction of sp³-hybridized carbons (Fsp3) is 0.500. The summed E-state index contributed by atoms with van der Waals surface area (Å²) in [7, 11) is 0. The van der Waals surface area contributed by atoms with Crippen molar-refractivity contribution in [2.75, 3.05) is 19.7 Å². The normalized spacial score (nSPS) is 10.8. The highest BCUT2D eigenvalue weighted by Crippen LogP contribution is 2.10. The van der Waals surface area contributed by atoms with E-state index >= 15 is 0 Å². The molecule has 0 amide bonds. The quantitative estimate of drug-likeness (QED) is 0.725. The summed E-state index contributed by atoms with van der Waals surface area (Å²) in [5, 5.41) is 12.0. The van der Waals surface area contributed by atoms with E-state index in [1.54, 1.807) is 11.3 Å². The monoisotopic (exact) mass is 212 g/mol. The van der Waals surface area contributed by atoms with Gasteiger partial charge in [0.15, 0.2) is 0 Å². The zero-order valence-electron chi connectivity index (χ0n) is 8.44. The molecule has 0 saturated heterocycles. The Balaban J connectivity index is 2.49. The molecule has 0 fully saturated rings. The minimum atomic E-state index is 0.178. The van der Waals surface area contributed by atoms with Crippen molar-refractivity contribution in [3.63, 3.8) is 0 Å². The van der Waals surface area contributed by atoms with Crippen LogP contribution in [0.2, 0.25) is 0 Å². The standard InChI is InChI=1S/C10H16N2OS/c1-3-4-12(5-6-13)7-10-8-14-9(2)11-10/h3,8,13H,1,4-7H2,2H3. The number of hydrogen-bond donors (Lipinski definition) is 1. The molecule has 14 heavy (non-hydrogen) atoms. The highest BCUT2D eigenvalue weighted by Gasteiger charge is 2.05. The lowest BCUT2D eigenvalue weighted by Crippen LogP contribution is -2.26. The Hall–Kier alpha value is -0.710. The lowest BCUT2D eigenvalue weighted by Gasteiger charge is -2.17. The van der Waals surface area contributed by atoms with E-state index in [0.717, 1.165) is 23.8 Å². The molecule has 1 aromatic rings. The van der Waals surface area contributed by atoms with Crippen LogP contribution in [0.1, 0.15) is 10.7 Å². The van der Waals surface area contributed by atoms with Crippen LogP contribution in [-0.4, -0.2) is 34.7 Å². The van der Waals surface area contributed by atoms with E-state index in [9.17, 15) is 0 Å². The molecular weight excluding hydrogens is 196 g/mol. The van der Waals surface area contributed by atoms with Crippen molar-refractivity contribution >= 4 is 11.3 Å². The topological polar surface area (TPSA) is 36.4 Å². The molecule has 1 rings (SSSR count). The number of aliphatic hydroxyl groups is 1. The second kappa shape index (κ2) is 5.90. The van der Waals surface area contributed by atoms with Gasteiger partial charge < -0.3 is 5.11 Å². The Morgan fingerprint density at radius 3 is 3.00 bits per heavy atom. The molecule has 78 valence electrons. The maximum atomic E-state index is 8.85. The third kappa shape index (κ3) is 3.57. The van der Waals surface area contributed by atoms with Crippen LogP contribution in [0.4, 0.5) is 0 Å². The van der Waals surface area contributed by atoms with Crippen LogP contribution in [0.3, 0.4) is 0 Å². The maximum Gasteiger partial charge on any atom is 0.0897 e. The minimum Gasteiger partial charge on any atom is -0.395 e. The molecule has 4 heteroatoms. The fourth-order valence-electron chi connectivity index (χ4n) is 1.27. The van der Waals surface area contributed by atoms with Gasteiger partial charge in [-0.15, -0.1) is 17.9 Å². The molecule has 0 unspecified atom stereocenters. The number of aryl methyl sites for hydroxylation is 1. The Morgan fingerprint density at radius 1 is 1.71 bits per heavy atom. The molecule has 1 N–H and O–H groups in total. The van der Waals surface area contributed by atoms with Gasteiger partial charge in [0, 0.05) is 25.0 Å². The molecule has 0 saturated carbocycles. The summed E-state index contributed by atoms with van der Waals surface area (Å²) in [6.45, 7) is 8.11. The maximum absolute atomic E-state index is 8.85. The predicted molar refractivity (Wildman–Crippen MR) is 59.4 cm³/mol. The lowest BCUT2D eigenvalue weighted by atomic mass is 10.4. The zero-order chi connectivity index (χ0) is 10.4. The van der Waals surface area contributed by atoms with E-state index in [2.05, 4.69) is 21.8 Å². The second-order valence-electron chi connectivity index (χ2n) is 3.11. The number of thiazole rings is 1. The van der Waals surface area contributed by atoms with Gasteiger partial charge in [-0.05, 0) is 6.92 Å². The van der Waals surface area contributed by atoms with E-state index < -0.39 is 0 Å². The number of hydrogen-bond acceptors (Lipinski definition) is 4. The van der Waals surface area contributed by atoms with Crippen LogP contribution in [0.25, 0.3) is 0 Å². The molecule has 0 spiro atoms. The van der Waals surface area contributed by atoms with Crippen molar-refractivity contribution in [2.24, 2.45) is 0 Å². The molecule has 1 heterocycles. The SMILES string of the molecule is C=CCN(CCO)Cc1csc(C)n1. The zero-order valence-corrected chi connectivity index (χ0v) is 9.26. The molecule has 0 aliphatic heterocycles. The smallest absolute Gasteiger partial charge is 0.0897 e. The molecule has 3 nitrogen and oxygen atoms in total. The van der Waals surface area contributed by atoms with Gasteiger partial charge in [-0.3, -0.25) is 4.90 Å². The van der Waals surface area contributed by atoms with E-state index in [1.165, 1.54) is 0 Å². The molecule has 0 aliphatic rings. The molecule has 0 atom stereocenters. The van der Waals surface area contributed by atoms with Gasteiger partial charge in [0.05, 0.1) is 17.3 Å². The summed E-state index contributed by atoms with van der Waals surface area (Å²) in [5.74, 6) is 0. The summed E-state index contributed by atoms with van der Waals surface area (Å²) >= 11 is 1.66. The third-order valence-corrected chi connectivity index (χ3v) is 2.68. The number of aliphatic hydroxyl groups excluding tert-OH is 1. The van der Waals surface area contributed by atoms with Crippen LogP contribution in [-0.2, 0) is 6.54 Å². The molecule has 1 aromatic heterocycles. The van der Waals surface area contributed by atoms with Crippen molar-refractivity contribution < 1.29 is 5.11 Å². The van der Waals surface area contributed by atoms with E-state index in [-0.39, 0.29) is 6.61 Å². The molecule has 0 bridgehead atoms. The minimum absolute atomic E-state index is 0.178. The van der Waals surface area contributed by atoms with Crippen molar-refractivity contribution in [1.29, 1.82) is 0 Å². The van der Waals surface area contributed by atoms with Crippen molar-refractivity contribution in [1.82, 2.24) is 9.88 Å². The van der Waals surface area contributed by atoms with E-state index in [4.69, 9.17) is 5.11 Å². The van der Waals surface area contributed by atoms with Crippen LogP contribution >= 0.6 is 11.3 Å². The first kappa shape index (κ1) is 11.4. The van der Waals surface area contributed by atoms with Gasteiger partial charge in [0.25, 0.3) is 0 Å². The Kier molecular flexibility index (Phi) is 4.79. The van der Waals surface area contributed by atoms with Gasteiger partial charge in [0.1, 0.15) is 0 Å². The predicted octanol–water partition coefficient (Wildman–Crippen LogP) is 1.43. The first-order valence-electron chi connectivity index (χ1n) is 4.61. The molecular formula is C10H16N2OS. The number of nitrogens with zero attached hydrogens (tertiary/aromatic N) is 2. The van der Waals surface area contributed by atoms with Gasteiger partial charge in [0.2, 0.25) is 0 Å². The first-order valence-corrected chi connectivity index (χ1v) is 5.49. The van der Waals surface area contributed by atoms with E-state index in [0.29, 0.717) is 6.54 Å². The Labute approximate surface area is 88.7 Å². The average Bonchev–Trinajstić information content (AvgIpc) is 2.52. The van der Waals surface area contributed by atoms with Gasteiger partial charge in [-0.25, -0.2) is 4.98 Å². The van der Waals surface area contributed by atoms with Gasteiger partial charge in [-0.2, -0.15) is 0 Å². The summed E-state index contributed by atoms with van der Waals surface area (Å²) in [5.41, 5.74) is 1.07. The largest absolute Gasteiger partial charge is 0.395 e. The highest BCUT2D eigenvalue weighted by atomic mass is 32.1. The van der Waals surface area contributed by atoms with Crippen molar-refractivity contribution in [2.45, 2.75) is 13.5 Å². The van der Waals surface area contributed by atoms with Crippen molar-refractivity contribution in [3.05, 3.63) is 28.7 Å².